The van der Waals surface area contributed by atoms with Crippen molar-refractivity contribution in [1.82, 2.24) is 24.1 Å². The van der Waals surface area contributed by atoms with E-state index >= 15 is 0 Å². The van der Waals surface area contributed by atoms with Crippen LogP contribution in [-0.4, -0.2) is 24.1 Å². The van der Waals surface area contributed by atoms with Crippen molar-refractivity contribution in [2.45, 2.75) is 0 Å². The highest BCUT2D eigenvalue weighted by Crippen LogP contribution is 2.36. The lowest BCUT2D eigenvalue weighted by atomic mass is 10.1. The van der Waals surface area contributed by atoms with Gasteiger partial charge in [0.25, 0.3) is 0 Å². The predicted molar refractivity (Wildman–Crippen MR) is 179 cm³/mol. The fraction of sp³-hybridized carbons (Fsp3) is 0. The Balaban J connectivity index is 1.32. The zero-order valence-corrected chi connectivity index (χ0v) is 23.7. The van der Waals surface area contributed by atoms with Crippen LogP contribution in [0.4, 0.5) is 0 Å². The van der Waals surface area contributed by atoms with Crippen molar-refractivity contribution < 1.29 is 0 Å². The fourth-order valence-electron chi connectivity index (χ4n) is 6.42. The zero-order chi connectivity index (χ0) is 29.0. The molecule has 44 heavy (non-hydrogen) atoms. The van der Waals surface area contributed by atoms with E-state index in [-0.39, 0.29) is 0 Å². The molecule has 0 fully saturated rings. The summed E-state index contributed by atoms with van der Waals surface area (Å²) in [6, 6.07) is 52.6. The Bertz CT molecular complexity index is 2440. The first-order chi connectivity index (χ1) is 21.8. The van der Waals surface area contributed by atoms with Gasteiger partial charge < -0.3 is 4.57 Å². The van der Waals surface area contributed by atoms with Gasteiger partial charge in [-0.3, -0.25) is 4.57 Å². The molecule has 0 radical (unpaired) electrons. The van der Waals surface area contributed by atoms with Crippen molar-refractivity contribution in [2.24, 2.45) is 0 Å². The van der Waals surface area contributed by atoms with Crippen molar-refractivity contribution in [1.29, 1.82) is 0 Å². The lowest BCUT2D eigenvalue weighted by Gasteiger charge is -2.11. The molecule has 0 unspecified atom stereocenters. The second-order valence-electron chi connectivity index (χ2n) is 10.9. The predicted octanol–water partition coefficient (Wildman–Crippen LogP) is 9.40. The van der Waals surface area contributed by atoms with E-state index in [4.69, 9.17) is 15.0 Å². The van der Waals surface area contributed by atoms with Crippen molar-refractivity contribution in [3.8, 4) is 34.4 Å². The van der Waals surface area contributed by atoms with Crippen LogP contribution < -0.4 is 0 Å². The summed E-state index contributed by atoms with van der Waals surface area (Å²) in [5.41, 5.74) is 7.44. The molecule has 0 amide bonds. The van der Waals surface area contributed by atoms with Gasteiger partial charge in [0, 0.05) is 38.4 Å². The maximum atomic E-state index is 5.16. The summed E-state index contributed by atoms with van der Waals surface area (Å²) in [6.07, 6.45) is 0. The van der Waals surface area contributed by atoms with Crippen LogP contribution in [0.1, 0.15) is 0 Å². The number of hydrogen-bond acceptors (Lipinski definition) is 3. The Morgan fingerprint density at radius 2 is 0.818 bits per heavy atom. The standard InChI is InChI=1S/C39H25N5/c1-3-13-26(14-4-1)37-40-38(42-39(41-37)44-34-21-11-7-17-29(34)30-18-8-12-22-35(30)44)27-23-24-36-32(25-27)31-19-9-10-20-33(31)43(36)28-15-5-2-6-16-28/h1-25H. The van der Waals surface area contributed by atoms with Gasteiger partial charge in [-0.2, -0.15) is 9.97 Å². The summed E-state index contributed by atoms with van der Waals surface area (Å²) in [6.45, 7) is 0. The first-order valence-electron chi connectivity index (χ1n) is 14.7. The van der Waals surface area contributed by atoms with Crippen molar-refractivity contribution in [2.75, 3.05) is 0 Å². The van der Waals surface area contributed by atoms with Crippen LogP contribution >= 0.6 is 0 Å². The van der Waals surface area contributed by atoms with E-state index in [0.29, 0.717) is 17.6 Å². The number of rotatable bonds is 4. The van der Waals surface area contributed by atoms with Gasteiger partial charge in [-0.1, -0.05) is 103 Å². The van der Waals surface area contributed by atoms with Crippen LogP contribution in [0.5, 0.6) is 0 Å². The van der Waals surface area contributed by atoms with E-state index < -0.39 is 0 Å². The van der Waals surface area contributed by atoms with Crippen LogP contribution in [0.2, 0.25) is 0 Å². The molecule has 0 atom stereocenters. The number of benzene rings is 6. The molecule has 0 saturated carbocycles. The zero-order valence-electron chi connectivity index (χ0n) is 23.7. The third kappa shape index (κ3) is 3.76. The van der Waals surface area contributed by atoms with Crippen molar-refractivity contribution >= 4 is 43.6 Å². The van der Waals surface area contributed by atoms with Gasteiger partial charge >= 0.3 is 0 Å². The first-order valence-corrected chi connectivity index (χ1v) is 14.7. The average Bonchev–Trinajstić information content (AvgIpc) is 3.61. The molecular weight excluding hydrogens is 538 g/mol. The molecule has 206 valence electrons. The molecular formula is C39H25N5. The van der Waals surface area contributed by atoms with E-state index in [1.165, 1.54) is 16.2 Å². The van der Waals surface area contributed by atoms with E-state index in [1.54, 1.807) is 0 Å². The van der Waals surface area contributed by atoms with Gasteiger partial charge in [0.05, 0.1) is 22.1 Å². The molecule has 0 bridgehead atoms. The second-order valence-corrected chi connectivity index (χ2v) is 10.9. The average molecular weight is 564 g/mol. The Morgan fingerprint density at radius 1 is 0.341 bits per heavy atom. The lowest BCUT2D eigenvalue weighted by Crippen LogP contribution is -2.06. The Morgan fingerprint density at radius 3 is 1.45 bits per heavy atom. The molecule has 0 aliphatic heterocycles. The van der Waals surface area contributed by atoms with E-state index in [1.807, 2.05) is 30.3 Å². The van der Waals surface area contributed by atoms with Gasteiger partial charge in [-0.05, 0) is 48.5 Å². The number of hydrogen-bond donors (Lipinski definition) is 0. The number of para-hydroxylation sites is 4. The molecule has 3 aromatic heterocycles. The van der Waals surface area contributed by atoms with Crippen LogP contribution in [0.3, 0.4) is 0 Å². The molecule has 0 aliphatic rings. The summed E-state index contributed by atoms with van der Waals surface area (Å²) in [5.74, 6) is 1.87. The van der Waals surface area contributed by atoms with Crippen LogP contribution in [0, 0.1) is 0 Å². The molecule has 3 heterocycles. The quantitative estimate of drug-likeness (QED) is 0.214. The minimum absolute atomic E-state index is 0.595. The van der Waals surface area contributed by atoms with E-state index in [9.17, 15) is 0 Å². The summed E-state index contributed by atoms with van der Waals surface area (Å²) in [5, 5.41) is 4.68. The topological polar surface area (TPSA) is 48.5 Å². The first kappa shape index (κ1) is 24.5. The highest BCUT2D eigenvalue weighted by Gasteiger charge is 2.19. The Hall–Kier alpha value is -6.07. The van der Waals surface area contributed by atoms with Gasteiger partial charge in [0.15, 0.2) is 11.6 Å². The molecule has 6 aromatic carbocycles. The maximum absolute atomic E-state index is 5.16. The normalized spacial score (nSPS) is 11.6. The minimum Gasteiger partial charge on any atom is -0.309 e. The third-order valence-corrected chi connectivity index (χ3v) is 8.38. The summed E-state index contributed by atoms with van der Waals surface area (Å²) in [4.78, 5) is 15.3. The molecule has 0 spiro atoms. The number of aromatic nitrogens is 5. The highest BCUT2D eigenvalue weighted by atomic mass is 15.2. The third-order valence-electron chi connectivity index (χ3n) is 8.38. The Labute approximate surface area is 253 Å². The summed E-state index contributed by atoms with van der Waals surface area (Å²) in [7, 11) is 0. The molecule has 9 rings (SSSR count). The van der Waals surface area contributed by atoms with E-state index in [0.717, 1.165) is 44.3 Å². The Kier molecular flexibility index (Phi) is 5.43. The lowest BCUT2D eigenvalue weighted by molar-refractivity contribution is 0.953. The molecule has 0 saturated heterocycles. The fourth-order valence-corrected chi connectivity index (χ4v) is 6.42. The van der Waals surface area contributed by atoms with Crippen LogP contribution in [-0.2, 0) is 0 Å². The van der Waals surface area contributed by atoms with Crippen LogP contribution in [0.15, 0.2) is 152 Å². The number of fused-ring (bicyclic) bond motifs is 6. The largest absolute Gasteiger partial charge is 0.309 e. The van der Waals surface area contributed by atoms with Gasteiger partial charge in [-0.15, -0.1) is 0 Å². The smallest absolute Gasteiger partial charge is 0.238 e. The van der Waals surface area contributed by atoms with Crippen molar-refractivity contribution in [3.05, 3.63) is 152 Å². The van der Waals surface area contributed by atoms with Gasteiger partial charge in [-0.25, -0.2) is 4.98 Å². The monoisotopic (exact) mass is 563 g/mol. The van der Waals surface area contributed by atoms with Gasteiger partial charge in [0.1, 0.15) is 0 Å². The summed E-state index contributed by atoms with van der Waals surface area (Å²) < 4.78 is 4.48. The molecule has 0 aliphatic carbocycles. The number of nitrogens with zero attached hydrogens (tertiary/aromatic N) is 5. The van der Waals surface area contributed by atoms with Crippen molar-refractivity contribution in [3.63, 3.8) is 0 Å². The molecule has 9 aromatic rings. The maximum Gasteiger partial charge on any atom is 0.238 e. The minimum atomic E-state index is 0.595. The molecule has 5 nitrogen and oxygen atoms in total. The van der Waals surface area contributed by atoms with Crippen LogP contribution in [0.25, 0.3) is 78.0 Å². The van der Waals surface area contributed by atoms with Gasteiger partial charge in [0.2, 0.25) is 5.95 Å². The SMILES string of the molecule is c1ccc(-c2nc(-c3ccc4c(c3)c3ccccc3n4-c3ccccc3)nc(-n3c4ccccc4c4ccccc43)n2)cc1. The molecule has 0 N–H and O–H groups in total. The van der Waals surface area contributed by atoms with E-state index in [2.05, 4.69) is 130 Å². The summed E-state index contributed by atoms with van der Waals surface area (Å²) >= 11 is 0. The highest BCUT2D eigenvalue weighted by molar-refractivity contribution is 6.11. The molecule has 5 heteroatoms. The second kappa shape index (κ2) is 9.75.